The molecule has 1 fully saturated rings. The molecule has 1 atom stereocenters. The summed E-state index contributed by atoms with van der Waals surface area (Å²) < 4.78 is 2.04. The summed E-state index contributed by atoms with van der Waals surface area (Å²) in [5, 5.41) is 9.47. The molecule has 1 aromatic heterocycles. The first kappa shape index (κ1) is 13.4. The normalized spacial score (nSPS) is 17.1. The molecule has 1 aliphatic carbocycles. The van der Waals surface area contributed by atoms with Gasteiger partial charge >= 0.3 is 5.97 Å². The van der Waals surface area contributed by atoms with Crippen molar-refractivity contribution in [3.8, 4) is 0 Å². The highest BCUT2D eigenvalue weighted by molar-refractivity contribution is 7.99. The minimum Gasteiger partial charge on any atom is -0.481 e. The Hall–Kier alpha value is -1.01. The van der Waals surface area contributed by atoms with Gasteiger partial charge in [-0.25, -0.2) is 4.98 Å². The first-order valence-electron chi connectivity index (χ1n) is 6.15. The second-order valence-electron chi connectivity index (χ2n) is 4.79. The second kappa shape index (κ2) is 5.75. The molecule has 6 heteroatoms. The molecule has 0 saturated heterocycles. The van der Waals surface area contributed by atoms with Crippen molar-refractivity contribution >= 4 is 17.7 Å². The number of likely N-dealkylation sites (N-methyl/N-ethyl adjacent to an activating group) is 1. The molecule has 18 heavy (non-hydrogen) atoms. The maximum absolute atomic E-state index is 10.6. The summed E-state index contributed by atoms with van der Waals surface area (Å²) in [6.45, 7) is 3.05. The number of rotatable bonds is 7. The molecular formula is C12H19N3O2S. The first-order chi connectivity index (χ1) is 8.58. The molecule has 5 nitrogen and oxygen atoms in total. The summed E-state index contributed by atoms with van der Waals surface area (Å²) in [4.78, 5) is 17.2. The van der Waals surface area contributed by atoms with E-state index >= 15 is 0 Å². The average Bonchev–Trinajstić information content (AvgIpc) is 3.08. The molecule has 100 valence electrons. The quantitative estimate of drug-likeness (QED) is 0.761. The van der Waals surface area contributed by atoms with Gasteiger partial charge in [0.1, 0.15) is 0 Å². The fourth-order valence-electron chi connectivity index (χ4n) is 1.96. The number of hydrogen-bond donors (Lipinski definition) is 1. The fraction of sp³-hybridized carbons (Fsp3) is 0.667. The summed E-state index contributed by atoms with van der Waals surface area (Å²) >= 11 is 1.27. The van der Waals surface area contributed by atoms with Crippen LogP contribution in [-0.4, -0.2) is 50.4 Å². The van der Waals surface area contributed by atoms with Crippen LogP contribution in [0.5, 0.6) is 0 Å². The van der Waals surface area contributed by atoms with E-state index in [1.165, 1.54) is 24.6 Å². The molecule has 1 saturated carbocycles. The standard InChI is InChI=1S/C12H19N3O2S/c1-9(14(2)10-3-4-10)7-15-6-5-13-12(15)18-8-11(16)17/h5-6,9-10H,3-4,7-8H2,1-2H3,(H,16,17). The van der Waals surface area contributed by atoms with E-state index in [-0.39, 0.29) is 5.75 Å². The van der Waals surface area contributed by atoms with E-state index in [0.717, 1.165) is 17.7 Å². The molecule has 1 heterocycles. The Kier molecular flexibility index (Phi) is 4.29. The number of nitrogens with zero attached hydrogens (tertiary/aromatic N) is 3. The molecule has 0 aromatic carbocycles. The van der Waals surface area contributed by atoms with Crippen molar-refractivity contribution in [2.24, 2.45) is 0 Å². The second-order valence-corrected chi connectivity index (χ2v) is 5.73. The third kappa shape index (κ3) is 3.49. The topological polar surface area (TPSA) is 58.4 Å². The van der Waals surface area contributed by atoms with Gasteiger partial charge in [-0.1, -0.05) is 11.8 Å². The number of aliphatic carboxylic acids is 1. The largest absolute Gasteiger partial charge is 0.481 e. The zero-order chi connectivity index (χ0) is 13.1. The fourth-order valence-corrected chi connectivity index (χ4v) is 2.65. The lowest BCUT2D eigenvalue weighted by Crippen LogP contribution is -2.34. The molecule has 0 spiro atoms. The number of thioether (sulfide) groups is 1. The lowest BCUT2D eigenvalue weighted by atomic mass is 10.3. The van der Waals surface area contributed by atoms with E-state index in [4.69, 9.17) is 5.11 Å². The zero-order valence-corrected chi connectivity index (χ0v) is 11.6. The predicted molar refractivity (Wildman–Crippen MR) is 70.8 cm³/mol. The van der Waals surface area contributed by atoms with Gasteiger partial charge in [0.2, 0.25) is 0 Å². The number of imidazole rings is 1. The van der Waals surface area contributed by atoms with Gasteiger partial charge in [0.15, 0.2) is 5.16 Å². The number of hydrogen-bond acceptors (Lipinski definition) is 4. The Morgan fingerprint density at radius 2 is 2.44 bits per heavy atom. The SMILES string of the molecule is CC(Cn1ccnc1SCC(=O)O)N(C)C1CC1. The van der Waals surface area contributed by atoms with Crippen LogP contribution in [0.2, 0.25) is 0 Å². The van der Waals surface area contributed by atoms with Crippen molar-refractivity contribution in [3.63, 3.8) is 0 Å². The Labute approximate surface area is 111 Å². The maximum atomic E-state index is 10.6. The summed E-state index contributed by atoms with van der Waals surface area (Å²) in [6.07, 6.45) is 6.24. The molecule has 1 aliphatic rings. The summed E-state index contributed by atoms with van der Waals surface area (Å²) in [6, 6.07) is 1.18. The number of carbonyl (C=O) groups is 1. The number of carboxylic acids is 1. The van der Waals surface area contributed by atoms with Gasteiger partial charge < -0.3 is 9.67 Å². The van der Waals surface area contributed by atoms with Crippen LogP contribution in [0.4, 0.5) is 0 Å². The van der Waals surface area contributed by atoms with E-state index in [0.29, 0.717) is 6.04 Å². The van der Waals surface area contributed by atoms with Gasteiger partial charge in [0.25, 0.3) is 0 Å². The Bertz CT molecular complexity index is 417. The summed E-state index contributed by atoms with van der Waals surface area (Å²) in [5.74, 6) is -0.748. The van der Waals surface area contributed by atoms with Crippen molar-refractivity contribution in [3.05, 3.63) is 12.4 Å². The van der Waals surface area contributed by atoms with Gasteiger partial charge in [0, 0.05) is 31.0 Å². The smallest absolute Gasteiger partial charge is 0.313 e. The van der Waals surface area contributed by atoms with Crippen LogP contribution >= 0.6 is 11.8 Å². The van der Waals surface area contributed by atoms with E-state index in [1.807, 2.05) is 10.8 Å². The van der Waals surface area contributed by atoms with Crippen LogP contribution in [0.15, 0.2) is 17.6 Å². The predicted octanol–water partition coefficient (Wildman–Crippen LogP) is 1.54. The van der Waals surface area contributed by atoms with Gasteiger partial charge in [-0.3, -0.25) is 9.69 Å². The van der Waals surface area contributed by atoms with Gasteiger partial charge in [-0.2, -0.15) is 0 Å². The van der Waals surface area contributed by atoms with Crippen LogP contribution in [0.1, 0.15) is 19.8 Å². The van der Waals surface area contributed by atoms with Crippen LogP contribution in [0.25, 0.3) is 0 Å². The minimum atomic E-state index is -0.808. The van der Waals surface area contributed by atoms with Gasteiger partial charge in [0.05, 0.1) is 5.75 Å². The molecule has 0 bridgehead atoms. The van der Waals surface area contributed by atoms with E-state index in [2.05, 4.69) is 23.9 Å². The molecule has 1 N–H and O–H groups in total. The average molecular weight is 269 g/mol. The van der Waals surface area contributed by atoms with E-state index < -0.39 is 5.97 Å². The molecule has 0 aliphatic heterocycles. The number of carboxylic acid groups (broad SMARTS) is 1. The Morgan fingerprint density at radius 1 is 1.72 bits per heavy atom. The lowest BCUT2D eigenvalue weighted by Gasteiger charge is -2.25. The van der Waals surface area contributed by atoms with Gasteiger partial charge in [-0.15, -0.1) is 0 Å². The van der Waals surface area contributed by atoms with E-state index in [9.17, 15) is 4.79 Å². The van der Waals surface area contributed by atoms with Crippen molar-refractivity contribution < 1.29 is 9.90 Å². The Balaban J connectivity index is 1.91. The molecule has 2 rings (SSSR count). The van der Waals surface area contributed by atoms with Crippen molar-refractivity contribution in [2.75, 3.05) is 12.8 Å². The summed E-state index contributed by atoms with van der Waals surface area (Å²) in [7, 11) is 2.16. The van der Waals surface area contributed by atoms with Crippen LogP contribution in [0.3, 0.4) is 0 Å². The molecule has 1 aromatic rings. The monoisotopic (exact) mass is 269 g/mol. The third-order valence-electron chi connectivity index (χ3n) is 3.28. The highest BCUT2D eigenvalue weighted by Gasteiger charge is 2.29. The third-order valence-corrected chi connectivity index (χ3v) is 4.27. The van der Waals surface area contributed by atoms with Crippen molar-refractivity contribution in [2.45, 2.75) is 43.6 Å². The maximum Gasteiger partial charge on any atom is 0.313 e. The van der Waals surface area contributed by atoms with Crippen molar-refractivity contribution in [1.82, 2.24) is 14.5 Å². The molecule has 0 amide bonds. The highest BCUT2D eigenvalue weighted by atomic mass is 32.2. The first-order valence-corrected chi connectivity index (χ1v) is 7.14. The number of aromatic nitrogens is 2. The molecule has 1 unspecified atom stereocenters. The zero-order valence-electron chi connectivity index (χ0n) is 10.7. The van der Waals surface area contributed by atoms with Crippen LogP contribution < -0.4 is 0 Å². The minimum absolute atomic E-state index is 0.0594. The van der Waals surface area contributed by atoms with Crippen LogP contribution in [0, 0.1) is 0 Å². The van der Waals surface area contributed by atoms with E-state index in [1.54, 1.807) is 6.20 Å². The van der Waals surface area contributed by atoms with Gasteiger partial charge in [-0.05, 0) is 26.8 Å². The molecule has 0 radical (unpaired) electrons. The summed E-state index contributed by atoms with van der Waals surface area (Å²) in [5.41, 5.74) is 0. The van der Waals surface area contributed by atoms with Crippen molar-refractivity contribution in [1.29, 1.82) is 0 Å². The van der Waals surface area contributed by atoms with Crippen LogP contribution in [-0.2, 0) is 11.3 Å². The Morgan fingerprint density at radius 3 is 3.06 bits per heavy atom. The molecular weight excluding hydrogens is 250 g/mol. The highest BCUT2D eigenvalue weighted by Crippen LogP contribution is 2.27. The lowest BCUT2D eigenvalue weighted by molar-refractivity contribution is -0.133.